The van der Waals surface area contributed by atoms with E-state index >= 15 is 0 Å². The smallest absolute Gasteiger partial charge is 0.143 e. The Bertz CT molecular complexity index is 522. The van der Waals surface area contributed by atoms with Gasteiger partial charge in [-0.05, 0) is 18.1 Å². The van der Waals surface area contributed by atoms with Gasteiger partial charge in [-0.25, -0.2) is 4.98 Å². The maximum atomic E-state index is 6.12. The van der Waals surface area contributed by atoms with Gasteiger partial charge in [-0.15, -0.1) is 11.3 Å². The van der Waals surface area contributed by atoms with Crippen LogP contribution in [0.1, 0.15) is 30.3 Å². The van der Waals surface area contributed by atoms with Gasteiger partial charge in [-0.3, -0.25) is 4.98 Å². The van der Waals surface area contributed by atoms with Crippen LogP contribution in [-0.2, 0) is 6.54 Å². The van der Waals surface area contributed by atoms with Crippen molar-refractivity contribution in [3.05, 3.63) is 33.9 Å². The minimum absolute atomic E-state index is 0.362. The lowest BCUT2D eigenvalue weighted by Crippen LogP contribution is -1.99. The van der Waals surface area contributed by atoms with Gasteiger partial charge in [0.15, 0.2) is 0 Å². The van der Waals surface area contributed by atoms with Crippen molar-refractivity contribution in [3.8, 4) is 10.7 Å². The summed E-state index contributed by atoms with van der Waals surface area (Å²) in [6.45, 7) is 4.73. The summed E-state index contributed by atoms with van der Waals surface area (Å²) >= 11 is 7.69. The molecular weight excluding hydrogens is 254 g/mol. The van der Waals surface area contributed by atoms with E-state index in [2.05, 4.69) is 23.8 Å². The third-order valence-corrected chi connectivity index (χ3v) is 3.83. The fourth-order valence-electron chi connectivity index (χ4n) is 1.61. The Kier molecular flexibility index (Phi) is 3.76. The molecule has 2 rings (SSSR count). The minimum atomic E-state index is 0.362. The van der Waals surface area contributed by atoms with Crippen LogP contribution in [0.5, 0.6) is 0 Å². The molecule has 0 spiro atoms. The van der Waals surface area contributed by atoms with Crippen molar-refractivity contribution in [1.82, 2.24) is 9.97 Å². The van der Waals surface area contributed by atoms with Crippen LogP contribution in [0.25, 0.3) is 10.7 Å². The van der Waals surface area contributed by atoms with E-state index in [0.29, 0.717) is 17.5 Å². The van der Waals surface area contributed by atoms with Crippen LogP contribution in [0.15, 0.2) is 18.3 Å². The van der Waals surface area contributed by atoms with Gasteiger partial charge in [0, 0.05) is 17.6 Å². The number of halogens is 1. The van der Waals surface area contributed by atoms with Gasteiger partial charge >= 0.3 is 0 Å². The summed E-state index contributed by atoms with van der Waals surface area (Å²) in [5.74, 6) is 0.362. The van der Waals surface area contributed by atoms with E-state index in [0.717, 1.165) is 21.3 Å². The normalized spacial score (nSPS) is 11.1. The summed E-state index contributed by atoms with van der Waals surface area (Å²) in [6.07, 6.45) is 1.72. The molecular formula is C12H14ClN3S. The van der Waals surface area contributed by atoms with Crippen LogP contribution in [0, 0.1) is 0 Å². The molecule has 0 radical (unpaired) electrons. The van der Waals surface area contributed by atoms with Crippen molar-refractivity contribution in [3.63, 3.8) is 0 Å². The monoisotopic (exact) mass is 267 g/mol. The zero-order valence-corrected chi connectivity index (χ0v) is 11.3. The quantitative estimate of drug-likeness (QED) is 0.927. The van der Waals surface area contributed by atoms with E-state index in [1.807, 2.05) is 12.1 Å². The van der Waals surface area contributed by atoms with E-state index < -0.39 is 0 Å². The summed E-state index contributed by atoms with van der Waals surface area (Å²) in [5.41, 5.74) is 7.52. The van der Waals surface area contributed by atoms with Crippen molar-refractivity contribution >= 4 is 22.9 Å². The molecule has 0 aliphatic rings. The van der Waals surface area contributed by atoms with E-state index in [-0.39, 0.29) is 0 Å². The molecule has 0 bridgehead atoms. The van der Waals surface area contributed by atoms with Crippen molar-refractivity contribution in [2.24, 2.45) is 5.73 Å². The molecule has 3 nitrogen and oxygen atoms in total. The lowest BCUT2D eigenvalue weighted by atomic mass is 10.1. The number of rotatable bonds is 3. The van der Waals surface area contributed by atoms with Gasteiger partial charge in [0.25, 0.3) is 0 Å². The molecule has 0 saturated heterocycles. The first-order chi connectivity index (χ1) is 8.13. The third-order valence-electron chi connectivity index (χ3n) is 2.42. The molecule has 0 aromatic carbocycles. The van der Waals surface area contributed by atoms with Crippen LogP contribution in [0.2, 0.25) is 5.02 Å². The highest BCUT2D eigenvalue weighted by Gasteiger charge is 2.16. The highest BCUT2D eigenvalue weighted by molar-refractivity contribution is 7.15. The topological polar surface area (TPSA) is 51.8 Å². The Balaban J connectivity index is 2.51. The largest absolute Gasteiger partial charge is 0.326 e. The number of aromatic nitrogens is 2. The fourth-order valence-corrected chi connectivity index (χ4v) is 2.98. The standard InChI is InChI=1S/C12H14ClN3S/c1-7(2)10-9(6-14)17-12(16-10)11-8(13)4-3-5-15-11/h3-5,7H,6,14H2,1-2H3. The summed E-state index contributed by atoms with van der Waals surface area (Å²) in [5, 5.41) is 1.47. The number of nitrogens with two attached hydrogens (primary N) is 1. The van der Waals surface area contributed by atoms with Crippen LogP contribution in [0.4, 0.5) is 0 Å². The van der Waals surface area contributed by atoms with E-state index in [1.54, 1.807) is 17.5 Å². The second-order valence-electron chi connectivity index (χ2n) is 4.02. The lowest BCUT2D eigenvalue weighted by Gasteiger charge is -2.01. The molecule has 0 amide bonds. The Morgan fingerprint density at radius 2 is 2.24 bits per heavy atom. The maximum absolute atomic E-state index is 6.12. The molecule has 5 heteroatoms. The Morgan fingerprint density at radius 3 is 2.76 bits per heavy atom. The van der Waals surface area contributed by atoms with E-state index in [9.17, 15) is 0 Å². The van der Waals surface area contributed by atoms with E-state index in [4.69, 9.17) is 17.3 Å². The van der Waals surface area contributed by atoms with Gasteiger partial charge in [-0.1, -0.05) is 25.4 Å². The summed E-state index contributed by atoms with van der Waals surface area (Å²) < 4.78 is 0. The molecule has 17 heavy (non-hydrogen) atoms. The molecule has 2 aromatic rings. The summed E-state index contributed by atoms with van der Waals surface area (Å²) in [4.78, 5) is 9.98. The second kappa shape index (κ2) is 5.12. The van der Waals surface area contributed by atoms with Crippen LogP contribution in [-0.4, -0.2) is 9.97 Å². The molecule has 90 valence electrons. The van der Waals surface area contributed by atoms with Gasteiger partial charge in [0.05, 0.1) is 10.7 Å². The maximum Gasteiger partial charge on any atom is 0.143 e. The van der Waals surface area contributed by atoms with Crippen LogP contribution in [0.3, 0.4) is 0 Å². The number of hydrogen-bond donors (Lipinski definition) is 1. The fraction of sp³-hybridized carbons (Fsp3) is 0.333. The molecule has 0 aliphatic carbocycles. The predicted molar refractivity (Wildman–Crippen MR) is 72.3 cm³/mol. The molecule has 0 saturated carbocycles. The highest BCUT2D eigenvalue weighted by atomic mass is 35.5. The third kappa shape index (κ3) is 2.49. The number of pyridine rings is 1. The SMILES string of the molecule is CC(C)c1nc(-c2ncccc2Cl)sc1CN. The first-order valence-electron chi connectivity index (χ1n) is 5.44. The zero-order valence-electron chi connectivity index (χ0n) is 9.77. The minimum Gasteiger partial charge on any atom is -0.326 e. The van der Waals surface area contributed by atoms with Crippen molar-refractivity contribution in [2.45, 2.75) is 26.3 Å². The first kappa shape index (κ1) is 12.5. The predicted octanol–water partition coefficient (Wildman–Crippen LogP) is 3.44. The van der Waals surface area contributed by atoms with Crippen molar-refractivity contribution < 1.29 is 0 Å². The first-order valence-corrected chi connectivity index (χ1v) is 6.63. The Labute approximate surface area is 110 Å². The van der Waals surface area contributed by atoms with Gasteiger partial charge in [-0.2, -0.15) is 0 Å². The Hall–Kier alpha value is -0.970. The average molecular weight is 268 g/mol. The molecule has 0 aliphatic heterocycles. The highest BCUT2D eigenvalue weighted by Crippen LogP contribution is 2.33. The van der Waals surface area contributed by atoms with Gasteiger partial charge in [0.2, 0.25) is 0 Å². The summed E-state index contributed by atoms with van der Waals surface area (Å²) in [6, 6.07) is 3.63. The lowest BCUT2D eigenvalue weighted by molar-refractivity contribution is 0.813. The molecule has 0 unspecified atom stereocenters. The second-order valence-corrected chi connectivity index (χ2v) is 5.51. The van der Waals surface area contributed by atoms with Crippen LogP contribution < -0.4 is 5.73 Å². The molecule has 2 heterocycles. The van der Waals surface area contributed by atoms with Gasteiger partial charge in [0.1, 0.15) is 10.7 Å². The molecule has 2 aromatic heterocycles. The van der Waals surface area contributed by atoms with Gasteiger partial charge < -0.3 is 5.73 Å². The van der Waals surface area contributed by atoms with Crippen molar-refractivity contribution in [1.29, 1.82) is 0 Å². The number of hydrogen-bond acceptors (Lipinski definition) is 4. The molecule has 0 atom stereocenters. The number of nitrogens with zero attached hydrogens (tertiary/aromatic N) is 2. The number of thiazole rings is 1. The Morgan fingerprint density at radius 1 is 1.47 bits per heavy atom. The molecule has 0 fully saturated rings. The molecule has 2 N–H and O–H groups in total. The van der Waals surface area contributed by atoms with Crippen molar-refractivity contribution in [2.75, 3.05) is 0 Å². The van der Waals surface area contributed by atoms with E-state index in [1.165, 1.54) is 0 Å². The van der Waals surface area contributed by atoms with Crippen LogP contribution >= 0.6 is 22.9 Å². The zero-order chi connectivity index (χ0) is 12.4. The average Bonchev–Trinajstić information content (AvgIpc) is 2.73. The summed E-state index contributed by atoms with van der Waals surface area (Å²) in [7, 11) is 0.